The normalized spacial score (nSPS) is 19.3. The summed E-state index contributed by atoms with van der Waals surface area (Å²) >= 11 is 0. The van der Waals surface area contributed by atoms with Gasteiger partial charge in [0.05, 0.1) is 11.1 Å². The Morgan fingerprint density at radius 1 is 1.04 bits per heavy atom. The molecule has 4 amide bonds. The molecule has 1 N–H and O–H groups in total. The number of hydrogen-bond donors (Lipinski definition) is 1. The summed E-state index contributed by atoms with van der Waals surface area (Å²) in [5.74, 6) is -1.89. The van der Waals surface area contributed by atoms with Crippen LogP contribution in [0.4, 0.5) is 5.69 Å². The molecule has 0 saturated carbocycles. The Balaban J connectivity index is 1.88. The number of fused-ring (bicyclic) bond motifs is 1. The van der Waals surface area contributed by atoms with E-state index in [9.17, 15) is 19.2 Å². The SMILES string of the molecule is CCCCN(CCC)c1ccc2c(c1)C(=O)N(C1CCC(=O)NC1=O)C2=O. The second-order valence-corrected chi connectivity index (χ2v) is 7.02. The topological polar surface area (TPSA) is 86.8 Å². The minimum Gasteiger partial charge on any atom is -0.372 e. The molecule has 0 aliphatic carbocycles. The fourth-order valence-corrected chi connectivity index (χ4v) is 3.64. The van der Waals surface area contributed by atoms with Crippen molar-refractivity contribution in [1.82, 2.24) is 10.2 Å². The van der Waals surface area contributed by atoms with Gasteiger partial charge in [-0.25, -0.2) is 0 Å². The number of carbonyl (C=O) groups excluding carboxylic acids is 4. The van der Waals surface area contributed by atoms with Gasteiger partial charge in [0.25, 0.3) is 11.8 Å². The molecule has 1 unspecified atom stereocenters. The van der Waals surface area contributed by atoms with Crippen molar-refractivity contribution >= 4 is 29.3 Å². The molecule has 1 saturated heterocycles. The van der Waals surface area contributed by atoms with Crippen molar-refractivity contribution in [2.45, 2.75) is 52.0 Å². The van der Waals surface area contributed by atoms with E-state index in [2.05, 4.69) is 24.1 Å². The molecule has 2 aliphatic rings. The van der Waals surface area contributed by atoms with E-state index in [0.29, 0.717) is 11.1 Å². The third kappa shape index (κ3) is 3.59. The van der Waals surface area contributed by atoms with Gasteiger partial charge in [0.15, 0.2) is 0 Å². The van der Waals surface area contributed by atoms with Gasteiger partial charge >= 0.3 is 0 Å². The predicted octanol–water partition coefficient (Wildman–Crippen LogP) is 2.10. The highest BCUT2D eigenvalue weighted by molar-refractivity contribution is 6.23. The van der Waals surface area contributed by atoms with Gasteiger partial charge in [0.1, 0.15) is 6.04 Å². The summed E-state index contributed by atoms with van der Waals surface area (Å²) in [5, 5.41) is 2.21. The highest BCUT2D eigenvalue weighted by Crippen LogP contribution is 2.30. The molecule has 1 aromatic carbocycles. The van der Waals surface area contributed by atoms with Crippen LogP contribution in [0.3, 0.4) is 0 Å². The summed E-state index contributed by atoms with van der Waals surface area (Å²) in [6.07, 6.45) is 3.39. The summed E-state index contributed by atoms with van der Waals surface area (Å²) in [5.41, 5.74) is 1.57. The van der Waals surface area contributed by atoms with Gasteiger partial charge in [0.2, 0.25) is 11.8 Å². The van der Waals surface area contributed by atoms with Crippen molar-refractivity contribution in [3.8, 4) is 0 Å². The number of amides is 4. The van der Waals surface area contributed by atoms with Gasteiger partial charge < -0.3 is 4.90 Å². The monoisotopic (exact) mass is 371 g/mol. The number of unbranched alkanes of at least 4 members (excludes halogenated alkanes) is 1. The smallest absolute Gasteiger partial charge is 0.262 e. The molecular weight excluding hydrogens is 346 g/mol. The van der Waals surface area contributed by atoms with E-state index in [1.54, 1.807) is 12.1 Å². The van der Waals surface area contributed by atoms with E-state index >= 15 is 0 Å². The maximum Gasteiger partial charge on any atom is 0.262 e. The first-order chi connectivity index (χ1) is 13.0. The molecule has 2 aliphatic heterocycles. The quantitative estimate of drug-likeness (QED) is 0.742. The summed E-state index contributed by atoms with van der Waals surface area (Å²) in [6, 6.07) is 4.37. The van der Waals surface area contributed by atoms with Crippen molar-refractivity contribution in [2.75, 3.05) is 18.0 Å². The number of imide groups is 2. The minimum absolute atomic E-state index is 0.121. The summed E-state index contributed by atoms with van der Waals surface area (Å²) in [6.45, 7) is 6.00. The molecule has 0 spiro atoms. The molecule has 144 valence electrons. The lowest BCUT2D eigenvalue weighted by molar-refractivity contribution is -0.136. The second-order valence-electron chi connectivity index (χ2n) is 7.02. The highest BCUT2D eigenvalue weighted by Gasteiger charge is 2.44. The van der Waals surface area contributed by atoms with Crippen LogP contribution >= 0.6 is 0 Å². The fourth-order valence-electron chi connectivity index (χ4n) is 3.64. The lowest BCUT2D eigenvalue weighted by atomic mass is 10.0. The summed E-state index contributed by atoms with van der Waals surface area (Å²) in [4.78, 5) is 52.3. The Kier molecular flexibility index (Phi) is 5.58. The van der Waals surface area contributed by atoms with E-state index in [0.717, 1.165) is 42.9 Å². The average Bonchev–Trinajstić information content (AvgIpc) is 2.89. The molecular formula is C20H25N3O4. The first-order valence-corrected chi connectivity index (χ1v) is 9.58. The Hall–Kier alpha value is -2.70. The number of nitrogens with one attached hydrogen (secondary N) is 1. The maximum absolute atomic E-state index is 12.9. The Labute approximate surface area is 158 Å². The zero-order valence-electron chi connectivity index (χ0n) is 15.8. The van der Waals surface area contributed by atoms with Gasteiger partial charge in [-0.05, 0) is 37.5 Å². The summed E-state index contributed by atoms with van der Waals surface area (Å²) < 4.78 is 0. The van der Waals surface area contributed by atoms with Crippen LogP contribution in [0.25, 0.3) is 0 Å². The van der Waals surface area contributed by atoms with E-state index in [4.69, 9.17) is 0 Å². The molecule has 1 atom stereocenters. The number of anilines is 1. The lowest BCUT2D eigenvalue weighted by Crippen LogP contribution is -2.54. The van der Waals surface area contributed by atoms with Crippen LogP contribution in [0.2, 0.25) is 0 Å². The lowest BCUT2D eigenvalue weighted by Gasteiger charge is -2.27. The molecule has 1 aromatic rings. The van der Waals surface area contributed by atoms with Gasteiger partial charge in [-0.1, -0.05) is 20.3 Å². The van der Waals surface area contributed by atoms with Crippen LogP contribution in [0.5, 0.6) is 0 Å². The first kappa shape index (κ1) is 19.1. The second kappa shape index (κ2) is 7.90. The van der Waals surface area contributed by atoms with Gasteiger partial charge in [0, 0.05) is 25.2 Å². The van der Waals surface area contributed by atoms with Crippen molar-refractivity contribution in [3.05, 3.63) is 29.3 Å². The predicted molar refractivity (Wildman–Crippen MR) is 101 cm³/mol. The van der Waals surface area contributed by atoms with E-state index < -0.39 is 23.8 Å². The van der Waals surface area contributed by atoms with Crippen LogP contribution in [0.1, 0.15) is 66.7 Å². The number of nitrogens with zero attached hydrogens (tertiary/aromatic N) is 2. The maximum atomic E-state index is 12.9. The van der Waals surface area contributed by atoms with Gasteiger partial charge in [-0.15, -0.1) is 0 Å². The number of piperidine rings is 1. The molecule has 7 heteroatoms. The Morgan fingerprint density at radius 3 is 2.44 bits per heavy atom. The van der Waals surface area contributed by atoms with Crippen LogP contribution in [-0.2, 0) is 9.59 Å². The van der Waals surface area contributed by atoms with E-state index in [-0.39, 0.29) is 18.7 Å². The standard InChI is InChI=1S/C20H25N3O4/c1-3-5-11-22(10-4-2)13-6-7-14-15(12-13)20(27)23(19(14)26)16-8-9-17(24)21-18(16)25/h6-7,12,16H,3-5,8-11H2,1-2H3,(H,21,24,25). The zero-order valence-corrected chi connectivity index (χ0v) is 15.8. The fraction of sp³-hybridized carbons (Fsp3) is 0.500. The number of carbonyl (C=O) groups is 4. The largest absolute Gasteiger partial charge is 0.372 e. The molecule has 27 heavy (non-hydrogen) atoms. The third-order valence-corrected chi connectivity index (χ3v) is 5.06. The van der Waals surface area contributed by atoms with Crippen molar-refractivity contribution in [3.63, 3.8) is 0 Å². The van der Waals surface area contributed by atoms with Crippen LogP contribution < -0.4 is 10.2 Å². The third-order valence-electron chi connectivity index (χ3n) is 5.06. The van der Waals surface area contributed by atoms with Crippen molar-refractivity contribution in [2.24, 2.45) is 0 Å². The summed E-state index contributed by atoms with van der Waals surface area (Å²) in [7, 11) is 0. The average molecular weight is 371 g/mol. The van der Waals surface area contributed by atoms with Crippen LogP contribution in [0.15, 0.2) is 18.2 Å². The van der Waals surface area contributed by atoms with Gasteiger partial charge in [-0.3, -0.25) is 29.4 Å². The number of benzene rings is 1. The van der Waals surface area contributed by atoms with Gasteiger partial charge in [-0.2, -0.15) is 0 Å². The number of rotatable bonds is 7. The Bertz CT molecular complexity index is 789. The van der Waals surface area contributed by atoms with Crippen molar-refractivity contribution < 1.29 is 19.2 Å². The molecule has 3 rings (SSSR count). The molecule has 0 radical (unpaired) electrons. The number of hydrogen-bond acceptors (Lipinski definition) is 5. The molecule has 7 nitrogen and oxygen atoms in total. The first-order valence-electron chi connectivity index (χ1n) is 9.58. The zero-order chi connectivity index (χ0) is 19.6. The van der Waals surface area contributed by atoms with Crippen molar-refractivity contribution in [1.29, 1.82) is 0 Å². The van der Waals surface area contributed by atoms with E-state index in [1.165, 1.54) is 0 Å². The van der Waals surface area contributed by atoms with Crippen LogP contribution in [0, 0.1) is 0 Å². The molecule has 1 fully saturated rings. The van der Waals surface area contributed by atoms with E-state index in [1.807, 2.05) is 6.07 Å². The Morgan fingerprint density at radius 2 is 1.78 bits per heavy atom. The minimum atomic E-state index is -0.926. The highest BCUT2D eigenvalue weighted by atomic mass is 16.2. The van der Waals surface area contributed by atoms with Crippen LogP contribution in [-0.4, -0.2) is 47.7 Å². The molecule has 0 bridgehead atoms. The molecule has 2 heterocycles. The molecule has 0 aromatic heterocycles.